The summed E-state index contributed by atoms with van der Waals surface area (Å²) in [5, 5.41) is 23.6. The van der Waals surface area contributed by atoms with Gasteiger partial charge in [0.25, 0.3) is 0 Å². The SMILES string of the molecule is O=C(O)C1CCC(O)(CNc2cc(Cl)ccc2Cl)CC1. The number of benzene rings is 1. The monoisotopic (exact) mass is 317 g/mol. The predicted octanol–water partition coefficient (Wildman–Crippen LogP) is 3.41. The third-order valence-corrected chi connectivity index (χ3v) is 4.37. The van der Waals surface area contributed by atoms with E-state index >= 15 is 0 Å². The minimum atomic E-state index is -0.891. The molecule has 20 heavy (non-hydrogen) atoms. The molecule has 0 bridgehead atoms. The van der Waals surface area contributed by atoms with Crippen molar-refractivity contribution in [1.82, 2.24) is 0 Å². The fourth-order valence-corrected chi connectivity index (χ4v) is 2.83. The maximum atomic E-state index is 10.9. The van der Waals surface area contributed by atoms with E-state index < -0.39 is 11.6 Å². The first-order valence-corrected chi connectivity index (χ1v) is 7.29. The largest absolute Gasteiger partial charge is 0.481 e. The Bertz CT molecular complexity index is 499. The number of nitrogens with one attached hydrogen (secondary N) is 1. The van der Waals surface area contributed by atoms with Crippen molar-refractivity contribution in [2.45, 2.75) is 31.3 Å². The summed E-state index contributed by atoms with van der Waals surface area (Å²) in [6.07, 6.45) is 1.93. The van der Waals surface area contributed by atoms with E-state index in [1.807, 2.05) is 0 Å². The molecule has 1 aliphatic rings. The van der Waals surface area contributed by atoms with Gasteiger partial charge >= 0.3 is 5.97 Å². The van der Waals surface area contributed by atoms with Gasteiger partial charge in [-0.2, -0.15) is 0 Å². The molecule has 0 saturated heterocycles. The van der Waals surface area contributed by atoms with Crippen LogP contribution in [0.1, 0.15) is 25.7 Å². The fourth-order valence-electron chi connectivity index (χ4n) is 2.47. The molecule has 1 saturated carbocycles. The van der Waals surface area contributed by atoms with Gasteiger partial charge in [0.2, 0.25) is 0 Å². The summed E-state index contributed by atoms with van der Waals surface area (Å²) in [5.41, 5.74) is -0.217. The third-order valence-electron chi connectivity index (χ3n) is 3.80. The molecule has 1 aromatic carbocycles. The molecule has 1 aromatic rings. The maximum absolute atomic E-state index is 10.9. The van der Waals surface area contributed by atoms with Crippen LogP contribution in [0.25, 0.3) is 0 Å². The van der Waals surface area contributed by atoms with Crippen molar-refractivity contribution in [2.75, 3.05) is 11.9 Å². The molecule has 110 valence electrons. The van der Waals surface area contributed by atoms with E-state index in [0.717, 1.165) is 0 Å². The molecule has 0 aromatic heterocycles. The molecule has 1 aliphatic carbocycles. The summed E-state index contributed by atoms with van der Waals surface area (Å²) in [6, 6.07) is 5.09. The second kappa shape index (κ2) is 6.20. The number of hydrogen-bond acceptors (Lipinski definition) is 3. The van der Waals surface area contributed by atoms with Crippen molar-refractivity contribution in [3.8, 4) is 0 Å². The predicted molar refractivity (Wildman–Crippen MR) is 79.5 cm³/mol. The molecule has 1 fully saturated rings. The number of aliphatic hydroxyl groups is 1. The van der Waals surface area contributed by atoms with Crippen LogP contribution < -0.4 is 5.32 Å². The smallest absolute Gasteiger partial charge is 0.306 e. The second-order valence-corrected chi connectivity index (χ2v) is 6.16. The summed E-state index contributed by atoms with van der Waals surface area (Å²) in [6.45, 7) is 0.333. The van der Waals surface area contributed by atoms with Crippen LogP contribution in [0.3, 0.4) is 0 Å². The summed E-state index contributed by atoms with van der Waals surface area (Å²) in [7, 11) is 0. The van der Waals surface area contributed by atoms with Crippen molar-refractivity contribution in [3.63, 3.8) is 0 Å². The van der Waals surface area contributed by atoms with Gasteiger partial charge < -0.3 is 15.5 Å². The van der Waals surface area contributed by atoms with Crippen LogP contribution in [-0.2, 0) is 4.79 Å². The Balaban J connectivity index is 1.94. The number of aliphatic carboxylic acids is 1. The molecule has 6 heteroatoms. The van der Waals surface area contributed by atoms with Crippen molar-refractivity contribution in [2.24, 2.45) is 5.92 Å². The minimum absolute atomic E-state index is 0.333. The van der Waals surface area contributed by atoms with Gasteiger partial charge in [0.1, 0.15) is 0 Å². The lowest BCUT2D eigenvalue weighted by Gasteiger charge is -2.35. The van der Waals surface area contributed by atoms with Crippen LogP contribution in [0.15, 0.2) is 18.2 Å². The molecule has 0 heterocycles. The lowest BCUT2D eigenvalue weighted by atomic mass is 9.79. The zero-order valence-corrected chi connectivity index (χ0v) is 12.4. The number of rotatable bonds is 4. The molecular weight excluding hydrogens is 301 g/mol. The van der Waals surface area contributed by atoms with E-state index in [2.05, 4.69) is 5.32 Å². The van der Waals surface area contributed by atoms with E-state index in [4.69, 9.17) is 28.3 Å². The highest BCUT2D eigenvalue weighted by Gasteiger charge is 2.35. The van der Waals surface area contributed by atoms with Crippen molar-refractivity contribution >= 4 is 34.9 Å². The Morgan fingerprint density at radius 3 is 2.60 bits per heavy atom. The highest BCUT2D eigenvalue weighted by Crippen LogP contribution is 2.33. The maximum Gasteiger partial charge on any atom is 0.306 e. The Hall–Kier alpha value is -0.970. The minimum Gasteiger partial charge on any atom is -0.481 e. The van der Waals surface area contributed by atoms with Gasteiger partial charge in [-0.3, -0.25) is 4.79 Å². The molecule has 3 N–H and O–H groups in total. The Morgan fingerprint density at radius 2 is 2.00 bits per heavy atom. The van der Waals surface area contributed by atoms with Crippen molar-refractivity contribution < 1.29 is 15.0 Å². The summed E-state index contributed by atoms with van der Waals surface area (Å²) in [4.78, 5) is 10.9. The van der Waals surface area contributed by atoms with Crippen LogP contribution in [0.5, 0.6) is 0 Å². The number of halogens is 2. The average molecular weight is 318 g/mol. The molecular formula is C14H17Cl2NO3. The Labute approximate surface area is 127 Å². The average Bonchev–Trinajstić information content (AvgIpc) is 2.40. The number of anilines is 1. The normalized spacial score (nSPS) is 26.2. The fraction of sp³-hybridized carbons (Fsp3) is 0.500. The number of hydrogen-bond donors (Lipinski definition) is 3. The third kappa shape index (κ3) is 3.78. The van der Waals surface area contributed by atoms with E-state index in [9.17, 15) is 9.90 Å². The first-order chi connectivity index (χ1) is 9.39. The number of carboxylic acids is 1. The van der Waals surface area contributed by atoms with Crippen LogP contribution in [0.2, 0.25) is 10.0 Å². The second-order valence-electron chi connectivity index (χ2n) is 5.31. The summed E-state index contributed by atoms with van der Waals surface area (Å²) >= 11 is 11.9. The number of carbonyl (C=O) groups is 1. The molecule has 2 rings (SSSR count). The molecule has 4 nitrogen and oxygen atoms in total. The van der Waals surface area contributed by atoms with E-state index in [-0.39, 0.29) is 5.92 Å². The van der Waals surface area contributed by atoms with Crippen LogP contribution >= 0.6 is 23.2 Å². The van der Waals surface area contributed by atoms with Crippen molar-refractivity contribution in [1.29, 1.82) is 0 Å². The van der Waals surface area contributed by atoms with E-state index in [0.29, 0.717) is 48.0 Å². The first-order valence-electron chi connectivity index (χ1n) is 6.54. The zero-order chi connectivity index (χ0) is 14.8. The first kappa shape index (κ1) is 15.4. The zero-order valence-electron chi connectivity index (χ0n) is 10.9. The molecule has 0 atom stereocenters. The quantitative estimate of drug-likeness (QED) is 0.796. The highest BCUT2D eigenvalue weighted by molar-refractivity contribution is 6.35. The van der Waals surface area contributed by atoms with Crippen LogP contribution in [0.4, 0.5) is 5.69 Å². The lowest BCUT2D eigenvalue weighted by Crippen LogP contribution is -2.41. The van der Waals surface area contributed by atoms with Gasteiger partial charge in [-0.05, 0) is 43.9 Å². The summed E-state index contributed by atoms with van der Waals surface area (Å²) in [5.74, 6) is -1.12. The highest BCUT2D eigenvalue weighted by atomic mass is 35.5. The van der Waals surface area contributed by atoms with Gasteiger partial charge in [-0.15, -0.1) is 0 Å². The van der Waals surface area contributed by atoms with E-state index in [1.165, 1.54) is 0 Å². The molecule has 0 amide bonds. The molecule has 0 radical (unpaired) electrons. The van der Waals surface area contributed by atoms with E-state index in [1.54, 1.807) is 18.2 Å². The molecule has 0 spiro atoms. The van der Waals surface area contributed by atoms with Crippen molar-refractivity contribution in [3.05, 3.63) is 28.2 Å². The number of carboxylic acid groups (broad SMARTS) is 1. The Morgan fingerprint density at radius 1 is 1.35 bits per heavy atom. The molecule has 0 aliphatic heterocycles. The van der Waals surface area contributed by atoms with Crippen LogP contribution in [-0.4, -0.2) is 28.3 Å². The lowest BCUT2D eigenvalue weighted by molar-refractivity contribution is -0.144. The summed E-state index contributed by atoms with van der Waals surface area (Å²) < 4.78 is 0. The van der Waals surface area contributed by atoms with Gasteiger partial charge in [-0.25, -0.2) is 0 Å². The van der Waals surface area contributed by atoms with Gasteiger partial charge in [0.05, 0.1) is 22.2 Å². The standard InChI is InChI=1S/C14H17Cl2NO3/c15-10-1-2-11(16)12(7-10)17-8-14(20)5-3-9(4-6-14)13(18)19/h1-2,7,9,17,20H,3-6,8H2,(H,18,19). The topological polar surface area (TPSA) is 69.6 Å². The van der Waals surface area contributed by atoms with Gasteiger partial charge in [0.15, 0.2) is 0 Å². The van der Waals surface area contributed by atoms with Gasteiger partial charge in [0, 0.05) is 11.6 Å². The van der Waals surface area contributed by atoms with Crippen LogP contribution in [0, 0.1) is 5.92 Å². The Kier molecular flexibility index (Phi) is 4.78. The molecule has 0 unspecified atom stereocenters. The van der Waals surface area contributed by atoms with Gasteiger partial charge in [-0.1, -0.05) is 23.2 Å².